The summed E-state index contributed by atoms with van der Waals surface area (Å²) in [5, 5.41) is 0.468. The number of nitrogen functional groups attached to an aromatic ring is 1. The summed E-state index contributed by atoms with van der Waals surface area (Å²) >= 11 is 7.87. The molecular formula is C10H14ClN3S. The van der Waals surface area contributed by atoms with Gasteiger partial charge in [-0.15, -0.1) is 0 Å². The average molecular weight is 244 g/mol. The maximum atomic E-state index is 5.89. The summed E-state index contributed by atoms with van der Waals surface area (Å²) in [7, 11) is 0. The van der Waals surface area contributed by atoms with E-state index >= 15 is 0 Å². The van der Waals surface area contributed by atoms with Crippen molar-refractivity contribution in [1.82, 2.24) is 4.98 Å². The molecule has 1 aliphatic rings. The third-order valence-electron chi connectivity index (χ3n) is 2.46. The van der Waals surface area contributed by atoms with E-state index < -0.39 is 0 Å². The number of nitrogens with two attached hydrogens (primary N) is 1. The van der Waals surface area contributed by atoms with Gasteiger partial charge in [-0.05, 0) is 13.0 Å². The highest BCUT2D eigenvalue weighted by atomic mass is 35.5. The van der Waals surface area contributed by atoms with E-state index in [0.717, 1.165) is 23.9 Å². The Hall–Kier alpha value is -0.610. The van der Waals surface area contributed by atoms with E-state index in [-0.39, 0.29) is 0 Å². The van der Waals surface area contributed by atoms with E-state index in [2.05, 4.69) is 16.8 Å². The zero-order chi connectivity index (χ0) is 10.8. The first-order valence-corrected chi connectivity index (χ1v) is 6.47. The Bertz CT molecular complexity index is 338. The van der Waals surface area contributed by atoms with Crippen molar-refractivity contribution >= 4 is 34.9 Å². The fraction of sp³-hybridized carbons (Fsp3) is 0.500. The Kier molecular flexibility index (Phi) is 3.26. The molecule has 3 nitrogen and oxygen atoms in total. The quantitative estimate of drug-likeness (QED) is 0.769. The first-order chi connectivity index (χ1) is 7.16. The molecular weight excluding hydrogens is 230 g/mol. The number of hydrogen-bond donors (Lipinski definition) is 1. The molecule has 0 aliphatic carbocycles. The molecule has 15 heavy (non-hydrogen) atoms. The SMILES string of the molecule is CC1CSCCN1c1cc(N)cc(Cl)n1. The number of nitrogens with zero attached hydrogens (tertiary/aromatic N) is 2. The van der Waals surface area contributed by atoms with Crippen molar-refractivity contribution in [3.8, 4) is 0 Å². The Morgan fingerprint density at radius 1 is 1.60 bits per heavy atom. The van der Waals surface area contributed by atoms with Crippen molar-refractivity contribution in [3.63, 3.8) is 0 Å². The molecule has 2 N–H and O–H groups in total. The molecule has 1 saturated heterocycles. The second-order valence-corrected chi connectivity index (χ2v) is 5.24. The molecule has 1 aromatic heterocycles. The number of halogens is 1. The molecule has 1 atom stereocenters. The van der Waals surface area contributed by atoms with E-state index in [1.54, 1.807) is 6.07 Å². The van der Waals surface area contributed by atoms with Gasteiger partial charge in [0.25, 0.3) is 0 Å². The maximum Gasteiger partial charge on any atom is 0.133 e. The summed E-state index contributed by atoms with van der Waals surface area (Å²) in [4.78, 5) is 6.57. The van der Waals surface area contributed by atoms with Crippen LogP contribution in [0.15, 0.2) is 12.1 Å². The van der Waals surface area contributed by atoms with Crippen molar-refractivity contribution in [2.45, 2.75) is 13.0 Å². The number of rotatable bonds is 1. The van der Waals surface area contributed by atoms with Gasteiger partial charge in [-0.2, -0.15) is 11.8 Å². The van der Waals surface area contributed by atoms with Crippen LogP contribution >= 0.6 is 23.4 Å². The van der Waals surface area contributed by atoms with Crippen LogP contribution < -0.4 is 10.6 Å². The molecule has 1 aliphatic heterocycles. The van der Waals surface area contributed by atoms with Crippen molar-refractivity contribution in [3.05, 3.63) is 17.3 Å². The zero-order valence-corrected chi connectivity index (χ0v) is 10.2. The summed E-state index contributed by atoms with van der Waals surface area (Å²) in [5.74, 6) is 3.17. The lowest BCUT2D eigenvalue weighted by molar-refractivity contribution is 0.690. The van der Waals surface area contributed by atoms with E-state index in [1.807, 2.05) is 17.8 Å². The van der Waals surface area contributed by atoms with Crippen LogP contribution in [0, 0.1) is 0 Å². The van der Waals surface area contributed by atoms with Gasteiger partial charge in [0, 0.05) is 35.8 Å². The van der Waals surface area contributed by atoms with Gasteiger partial charge < -0.3 is 10.6 Å². The number of hydrogen-bond acceptors (Lipinski definition) is 4. The fourth-order valence-electron chi connectivity index (χ4n) is 1.72. The van der Waals surface area contributed by atoms with Gasteiger partial charge in [-0.25, -0.2) is 4.98 Å². The molecule has 1 fully saturated rings. The Labute approximate surface area is 99.0 Å². The van der Waals surface area contributed by atoms with E-state index in [1.165, 1.54) is 0 Å². The topological polar surface area (TPSA) is 42.1 Å². The van der Waals surface area contributed by atoms with E-state index in [9.17, 15) is 0 Å². The van der Waals surface area contributed by atoms with Crippen LogP contribution in [0.4, 0.5) is 11.5 Å². The minimum absolute atomic E-state index is 0.468. The predicted octanol–water partition coefficient (Wildman–Crippen LogP) is 2.26. The number of thioether (sulfide) groups is 1. The molecule has 0 spiro atoms. The molecule has 2 rings (SSSR count). The lowest BCUT2D eigenvalue weighted by Crippen LogP contribution is -2.40. The van der Waals surface area contributed by atoms with Crippen LogP contribution in [0.1, 0.15) is 6.92 Å². The van der Waals surface area contributed by atoms with Crippen LogP contribution in [0.3, 0.4) is 0 Å². The maximum absolute atomic E-state index is 5.89. The van der Waals surface area contributed by atoms with Crippen molar-refractivity contribution < 1.29 is 0 Å². The molecule has 0 amide bonds. The Morgan fingerprint density at radius 3 is 3.07 bits per heavy atom. The monoisotopic (exact) mass is 243 g/mol. The third-order valence-corrected chi connectivity index (χ3v) is 3.85. The Balaban J connectivity index is 2.27. The van der Waals surface area contributed by atoms with Crippen LogP contribution in [0.25, 0.3) is 0 Å². The zero-order valence-electron chi connectivity index (χ0n) is 8.61. The van der Waals surface area contributed by atoms with Gasteiger partial charge in [0.05, 0.1) is 0 Å². The molecule has 0 aromatic carbocycles. The molecule has 1 aromatic rings. The third kappa shape index (κ3) is 2.49. The predicted molar refractivity (Wildman–Crippen MR) is 67.8 cm³/mol. The molecule has 5 heteroatoms. The molecule has 2 heterocycles. The highest BCUT2D eigenvalue weighted by Gasteiger charge is 2.20. The van der Waals surface area contributed by atoms with Gasteiger partial charge in [-0.3, -0.25) is 0 Å². The highest BCUT2D eigenvalue weighted by molar-refractivity contribution is 7.99. The van der Waals surface area contributed by atoms with Crippen molar-refractivity contribution in [2.75, 3.05) is 28.7 Å². The molecule has 82 valence electrons. The van der Waals surface area contributed by atoms with Gasteiger partial charge >= 0.3 is 0 Å². The van der Waals surface area contributed by atoms with Crippen LogP contribution in [0.2, 0.25) is 5.15 Å². The van der Waals surface area contributed by atoms with Crippen LogP contribution in [0.5, 0.6) is 0 Å². The molecule has 0 radical (unpaired) electrons. The smallest absolute Gasteiger partial charge is 0.133 e. The lowest BCUT2D eigenvalue weighted by atomic mass is 10.3. The number of aromatic nitrogens is 1. The first kappa shape index (κ1) is 10.9. The van der Waals surface area contributed by atoms with Crippen LogP contribution in [-0.2, 0) is 0 Å². The van der Waals surface area contributed by atoms with Gasteiger partial charge in [-0.1, -0.05) is 11.6 Å². The van der Waals surface area contributed by atoms with Gasteiger partial charge in [0.1, 0.15) is 11.0 Å². The minimum Gasteiger partial charge on any atom is -0.399 e. The van der Waals surface area contributed by atoms with Crippen LogP contribution in [-0.4, -0.2) is 29.1 Å². The summed E-state index contributed by atoms with van der Waals surface area (Å²) in [6.45, 7) is 3.21. The van der Waals surface area contributed by atoms with Gasteiger partial charge in [0.2, 0.25) is 0 Å². The molecule has 1 unspecified atom stereocenters. The summed E-state index contributed by atoms with van der Waals surface area (Å²) < 4.78 is 0. The second kappa shape index (κ2) is 4.49. The standard InChI is InChI=1S/C10H14ClN3S/c1-7-6-15-3-2-14(7)10-5-8(12)4-9(11)13-10/h4-5,7H,2-3,6H2,1H3,(H2,12,13). The van der Waals surface area contributed by atoms with Crippen molar-refractivity contribution in [2.24, 2.45) is 0 Å². The second-order valence-electron chi connectivity index (χ2n) is 3.70. The van der Waals surface area contributed by atoms with E-state index in [4.69, 9.17) is 17.3 Å². The van der Waals surface area contributed by atoms with Crippen molar-refractivity contribution in [1.29, 1.82) is 0 Å². The highest BCUT2D eigenvalue weighted by Crippen LogP contribution is 2.25. The minimum atomic E-state index is 0.468. The number of pyridine rings is 1. The largest absolute Gasteiger partial charge is 0.399 e. The molecule has 0 bridgehead atoms. The fourth-order valence-corrected chi connectivity index (χ4v) is 2.94. The van der Waals surface area contributed by atoms with E-state index in [0.29, 0.717) is 16.9 Å². The Morgan fingerprint density at radius 2 is 2.40 bits per heavy atom. The summed E-state index contributed by atoms with van der Waals surface area (Å²) in [5.41, 5.74) is 6.43. The summed E-state index contributed by atoms with van der Waals surface area (Å²) in [6, 6.07) is 4.06. The first-order valence-electron chi connectivity index (χ1n) is 4.94. The lowest BCUT2D eigenvalue weighted by Gasteiger charge is -2.34. The molecule has 0 saturated carbocycles. The summed E-state index contributed by atoms with van der Waals surface area (Å²) in [6.07, 6.45) is 0. The number of anilines is 2. The normalized spacial score (nSPS) is 21.7. The average Bonchev–Trinajstić information content (AvgIpc) is 2.16. The van der Waals surface area contributed by atoms with Gasteiger partial charge in [0.15, 0.2) is 0 Å².